The van der Waals surface area contributed by atoms with Gasteiger partial charge in [0, 0.05) is 18.7 Å². The van der Waals surface area contributed by atoms with Crippen LogP contribution in [0.2, 0.25) is 0 Å². The van der Waals surface area contributed by atoms with Gasteiger partial charge in [0.05, 0.1) is 53.8 Å². The van der Waals surface area contributed by atoms with Crippen molar-refractivity contribution in [3.05, 3.63) is 71.7 Å². The SMILES string of the molecule is COCc1cccc(Cn2cc(-c3cc(-c4cccc(C#N)c4)nc(NC4CCCC4)n3)nn2)n1. The molecule has 5 rings (SSSR count). The molecule has 0 saturated heterocycles. The van der Waals surface area contributed by atoms with Gasteiger partial charge in [-0.25, -0.2) is 14.6 Å². The van der Waals surface area contributed by atoms with Crippen LogP contribution in [-0.4, -0.2) is 43.1 Å². The third kappa shape index (κ3) is 5.50. The van der Waals surface area contributed by atoms with Crippen molar-refractivity contribution in [2.24, 2.45) is 0 Å². The van der Waals surface area contributed by atoms with E-state index in [1.54, 1.807) is 17.9 Å². The molecular formula is C26H26N8O. The Morgan fingerprint density at radius 3 is 2.63 bits per heavy atom. The molecule has 176 valence electrons. The lowest BCUT2D eigenvalue weighted by Gasteiger charge is -2.14. The number of benzene rings is 1. The van der Waals surface area contributed by atoms with Gasteiger partial charge in [0.2, 0.25) is 5.95 Å². The van der Waals surface area contributed by atoms with Gasteiger partial charge < -0.3 is 10.1 Å². The van der Waals surface area contributed by atoms with Crippen molar-refractivity contribution in [3.63, 3.8) is 0 Å². The Morgan fingerprint density at radius 2 is 1.80 bits per heavy atom. The summed E-state index contributed by atoms with van der Waals surface area (Å²) in [6, 6.07) is 17.7. The second-order valence-corrected chi connectivity index (χ2v) is 8.63. The summed E-state index contributed by atoms with van der Waals surface area (Å²) in [6.07, 6.45) is 6.50. The first-order chi connectivity index (χ1) is 17.2. The number of methoxy groups -OCH3 is 1. The van der Waals surface area contributed by atoms with Crippen LogP contribution in [0.4, 0.5) is 5.95 Å². The van der Waals surface area contributed by atoms with E-state index in [0.29, 0.717) is 42.1 Å². The number of nitrogens with zero attached hydrogens (tertiary/aromatic N) is 7. The van der Waals surface area contributed by atoms with Crippen LogP contribution in [0.1, 0.15) is 42.6 Å². The smallest absolute Gasteiger partial charge is 0.224 e. The molecule has 4 aromatic rings. The van der Waals surface area contributed by atoms with Gasteiger partial charge in [-0.1, -0.05) is 36.3 Å². The minimum Gasteiger partial charge on any atom is -0.378 e. The molecule has 0 spiro atoms. The molecule has 0 radical (unpaired) electrons. The van der Waals surface area contributed by atoms with Gasteiger partial charge in [-0.3, -0.25) is 4.98 Å². The van der Waals surface area contributed by atoms with Gasteiger partial charge in [0.25, 0.3) is 0 Å². The number of nitriles is 1. The number of pyridine rings is 1. The average Bonchev–Trinajstić information content (AvgIpc) is 3.57. The highest BCUT2D eigenvalue weighted by molar-refractivity contribution is 5.68. The van der Waals surface area contributed by atoms with Crippen LogP contribution in [-0.2, 0) is 17.9 Å². The van der Waals surface area contributed by atoms with Gasteiger partial charge in [-0.2, -0.15) is 5.26 Å². The highest BCUT2D eigenvalue weighted by Crippen LogP contribution is 2.27. The zero-order valence-electron chi connectivity index (χ0n) is 19.6. The fourth-order valence-electron chi connectivity index (χ4n) is 4.30. The van der Waals surface area contributed by atoms with E-state index in [2.05, 4.69) is 26.7 Å². The fraction of sp³-hybridized carbons (Fsp3) is 0.308. The number of hydrogen-bond acceptors (Lipinski definition) is 8. The first kappa shape index (κ1) is 22.6. The van der Waals surface area contributed by atoms with Crippen molar-refractivity contribution in [3.8, 4) is 28.7 Å². The van der Waals surface area contributed by atoms with Gasteiger partial charge in [0.15, 0.2) is 0 Å². The van der Waals surface area contributed by atoms with Crippen LogP contribution in [0.3, 0.4) is 0 Å². The average molecular weight is 467 g/mol. The number of aromatic nitrogens is 6. The Morgan fingerprint density at radius 1 is 1.00 bits per heavy atom. The van der Waals surface area contributed by atoms with Crippen molar-refractivity contribution < 1.29 is 4.74 Å². The van der Waals surface area contributed by atoms with E-state index in [0.717, 1.165) is 35.5 Å². The zero-order valence-corrected chi connectivity index (χ0v) is 19.6. The van der Waals surface area contributed by atoms with E-state index in [1.165, 1.54) is 12.8 Å². The summed E-state index contributed by atoms with van der Waals surface area (Å²) in [4.78, 5) is 14.1. The molecule has 3 aromatic heterocycles. The fourth-order valence-corrected chi connectivity index (χ4v) is 4.30. The topological polar surface area (TPSA) is 114 Å². The quantitative estimate of drug-likeness (QED) is 0.411. The Hall–Kier alpha value is -4.16. The molecule has 0 aliphatic heterocycles. The minimum absolute atomic E-state index is 0.365. The summed E-state index contributed by atoms with van der Waals surface area (Å²) in [5.41, 5.74) is 5.23. The Balaban J connectivity index is 1.46. The number of rotatable bonds is 8. The molecule has 35 heavy (non-hydrogen) atoms. The Kier molecular flexibility index (Phi) is 6.73. The normalized spacial score (nSPS) is 13.6. The standard InChI is InChI=1S/C26H26N8O/c1-35-17-22-11-5-10-21(28-22)15-34-16-25(32-33-34)24-13-23(19-7-4-6-18(12-19)14-27)30-26(31-24)29-20-8-2-3-9-20/h4-7,10-13,16,20H,2-3,8-9,15,17H2,1H3,(H,29,30,31). The van der Waals surface area contributed by atoms with E-state index in [-0.39, 0.29) is 0 Å². The highest BCUT2D eigenvalue weighted by Gasteiger charge is 2.18. The highest BCUT2D eigenvalue weighted by atomic mass is 16.5. The van der Waals surface area contributed by atoms with Crippen molar-refractivity contribution in [2.45, 2.75) is 44.9 Å². The summed E-state index contributed by atoms with van der Waals surface area (Å²) >= 11 is 0. The number of ether oxygens (including phenoxy) is 1. The molecule has 0 amide bonds. The van der Waals surface area contributed by atoms with Gasteiger partial charge >= 0.3 is 0 Å². The summed E-state index contributed by atoms with van der Waals surface area (Å²) < 4.78 is 6.93. The van der Waals surface area contributed by atoms with Gasteiger partial charge in [-0.05, 0) is 43.2 Å². The molecule has 0 unspecified atom stereocenters. The maximum Gasteiger partial charge on any atom is 0.224 e. The summed E-state index contributed by atoms with van der Waals surface area (Å²) in [6.45, 7) is 0.948. The van der Waals surface area contributed by atoms with E-state index in [1.807, 2.05) is 48.7 Å². The molecule has 3 heterocycles. The lowest BCUT2D eigenvalue weighted by molar-refractivity contribution is 0.181. The molecule has 1 N–H and O–H groups in total. The van der Waals surface area contributed by atoms with Crippen LogP contribution >= 0.6 is 0 Å². The lowest BCUT2D eigenvalue weighted by atomic mass is 10.1. The molecule has 1 aliphatic carbocycles. The van der Waals surface area contributed by atoms with Gasteiger partial charge in [-0.15, -0.1) is 5.10 Å². The maximum atomic E-state index is 9.33. The summed E-state index contributed by atoms with van der Waals surface area (Å²) in [5.74, 6) is 0.565. The van der Waals surface area contributed by atoms with E-state index in [4.69, 9.17) is 14.7 Å². The third-order valence-corrected chi connectivity index (χ3v) is 5.98. The molecule has 9 nitrogen and oxygen atoms in total. The summed E-state index contributed by atoms with van der Waals surface area (Å²) in [7, 11) is 1.65. The Labute approximate surface area is 203 Å². The third-order valence-electron chi connectivity index (χ3n) is 5.98. The first-order valence-electron chi connectivity index (χ1n) is 11.7. The van der Waals surface area contributed by atoms with Crippen LogP contribution < -0.4 is 5.32 Å². The maximum absolute atomic E-state index is 9.33. The van der Waals surface area contributed by atoms with Crippen LogP contribution in [0.5, 0.6) is 0 Å². The molecule has 1 aliphatic rings. The van der Waals surface area contributed by atoms with Crippen molar-refractivity contribution in [1.29, 1.82) is 5.26 Å². The predicted molar refractivity (Wildman–Crippen MR) is 131 cm³/mol. The van der Waals surface area contributed by atoms with E-state index < -0.39 is 0 Å². The molecular weight excluding hydrogens is 440 g/mol. The first-order valence-corrected chi connectivity index (χ1v) is 11.7. The second kappa shape index (κ2) is 10.4. The number of hydrogen-bond donors (Lipinski definition) is 1. The van der Waals surface area contributed by atoms with Crippen molar-refractivity contribution in [2.75, 3.05) is 12.4 Å². The molecule has 0 bridgehead atoms. The van der Waals surface area contributed by atoms with E-state index >= 15 is 0 Å². The largest absolute Gasteiger partial charge is 0.378 e. The Bertz CT molecular complexity index is 1350. The van der Waals surface area contributed by atoms with Crippen LogP contribution in [0.25, 0.3) is 22.6 Å². The molecule has 9 heteroatoms. The molecule has 1 saturated carbocycles. The predicted octanol–water partition coefficient (Wildman–Crippen LogP) is 4.22. The van der Waals surface area contributed by atoms with Crippen LogP contribution in [0, 0.1) is 11.3 Å². The molecule has 0 atom stereocenters. The van der Waals surface area contributed by atoms with E-state index in [9.17, 15) is 5.26 Å². The monoisotopic (exact) mass is 466 g/mol. The summed E-state index contributed by atoms with van der Waals surface area (Å²) in [5, 5.41) is 21.5. The zero-order chi connectivity index (χ0) is 24.0. The molecule has 1 fully saturated rings. The number of anilines is 1. The number of nitrogens with one attached hydrogen (secondary N) is 1. The van der Waals surface area contributed by atoms with Crippen molar-refractivity contribution in [1.82, 2.24) is 29.9 Å². The van der Waals surface area contributed by atoms with Crippen LogP contribution in [0.15, 0.2) is 54.7 Å². The molecule has 1 aromatic carbocycles. The minimum atomic E-state index is 0.365. The van der Waals surface area contributed by atoms with Gasteiger partial charge in [0.1, 0.15) is 5.69 Å². The van der Waals surface area contributed by atoms with Crippen molar-refractivity contribution >= 4 is 5.95 Å². The second-order valence-electron chi connectivity index (χ2n) is 8.63. The lowest BCUT2D eigenvalue weighted by Crippen LogP contribution is -2.17.